The molecule has 12 heteroatoms. The fourth-order valence-corrected chi connectivity index (χ4v) is 5.71. The number of hydrogen-bond acceptors (Lipinski definition) is 5. The van der Waals surface area contributed by atoms with Crippen molar-refractivity contribution in [2.45, 2.75) is 50.1 Å². The van der Waals surface area contributed by atoms with Gasteiger partial charge in [0.2, 0.25) is 10.0 Å². The van der Waals surface area contributed by atoms with E-state index in [0.717, 1.165) is 28.6 Å². The number of carboxylic acids is 1. The summed E-state index contributed by atoms with van der Waals surface area (Å²) in [5, 5.41) is 9.42. The highest BCUT2D eigenvalue weighted by molar-refractivity contribution is 7.89. The smallest absolute Gasteiger partial charge is 0.488 e. The number of aliphatic carboxylic acids is 1. The van der Waals surface area contributed by atoms with Crippen molar-refractivity contribution in [3.8, 4) is 22.6 Å². The summed E-state index contributed by atoms with van der Waals surface area (Å²) < 4.78 is 89.3. The van der Waals surface area contributed by atoms with Gasteiger partial charge < -0.3 is 14.6 Å². The van der Waals surface area contributed by atoms with Crippen molar-refractivity contribution in [3.05, 3.63) is 77.6 Å². The molecule has 0 amide bonds. The number of sulfonamides is 1. The quantitative estimate of drug-likeness (QED) is 0.348. The van der Waals surface area contributed by atoms with Gasteiger partial charge in [-0.05, 0) is 97.5 Å². The minimum atomic E-state index is -4.87. The Hall–Kier alpha value is -3.64. The molecule has 0 aromatic heterocycles. The van der Waals surface area contributed by atoms with Crippen molar-refractivity contribution < 1.29 is 45.4 Å². The van der Waals surface area contributed by atoms with Gasteiger partial charge >= 0.3 is 12.3 Å². The second-order valence-electron chi connectivity index (χ2n) is 9.72. The van der Waals surface area contributed by atoms with Gasteiger partial charge in [-0.3, -0.25) is 4.79 Å². The highest BCUT2D eigenvalue weighted by Gasteiger charge is 2.32. The number of halogens is 4. The van der Waals surface area contributed by atoms with Crippen LogP contribution in [0.15, 0.2) is 65.6 Å². The molecule has 3 aromatic carbocycles. The Kier molecular flexibility index (Phi) is 7.63. The molecule has 0 aliphatic carbocycles. The predicted molar refractivity (Wildman–Crippen MR) is 133 cm³/mol. The second kappa shape index (κ2) is 10.5. The van der Waals surface area contributed by atoms with Gasteiger partial charge in [0.25, 0.3) is 0 Å². The fourth-order valence-electron chi connectivity index (χ4n) is 4.28. The van der Waals surface area contributed by atoms with Crippen LogP contribution >= 0.6 is 0 Å². The number of aryl methyl sites for hydroxylation is 1. The molecule has 1 N–H and O–H groups in total. The zero-order valence-electron chi connectivity index (χ0n) is 21.0. The van der Waals surface area contributed by atoms with Crippen molar-refractivity contribution in [2.75, 3.05) is 6.54 Å². The lowest BCUT2D eigenvalue weighted by atomic mass is 9.94. The molecule has 4 rings (SSSR count). The van der Waals surface area contributed by atoms with Crippen LogP contribution in [-0.2, 0) is 27.8 Å². The van der Waals surface area contributed by atoms with Crippen molar-refractivity contribution >= 4 is 16.0 Å². The summed E-state index contributed by atoms with van der Waals surface area (Å²) in [7, 11) is -4.32. The van der Waals surface area contributed by atoms with Crippen LogP contribution in [0.4, 0.5) is 17.6 Å². The van der Waals surface area contributed by atoms with Gasteiger partial charge in [0, 0.05) is 6.54 Å². The van der Waals surface area contributed by atoms with Gasteiger partial charge in [0.15, 0.2) is 0 Å². The van der Waals surface area contributed by atoms with Crippen LogP contribution < -0.4 is 9.47 Å². The lowest BCUT2D eigenvalue weighted by Gasteiger charge is -2.33. The lowest BCUT2D eigenvalue weighted by molar-refractivity contribution is -0.274. The SMILES string of the molecule is CC1(C)CCc2cc(S(=O)(=O)N(CC(=O)O)Cc3cc(F)cc(-c4ccc(OC(F)(F)F)cc4)c3)ccc2O1. The van der Waals surface area contributed by atoms with Crippen LogP contribution in [0.5, 0.6) is 11.5 Å². The summed E-state index contributed by atoms with van der Waals surface area (Å²) in [5.74, 6) is -2.05. The molecule has 0 unspecified atom stereocenters. The zero-order chi connectivity index (χ0) is 28.6. The molecule has 0 atom stereocenters. The van der Waals surface area contributed by atoms with Crippen LogP contribution in [0.2, 0.25) is 0 Å². The zero-order valence-corrected chi connectivity index (χ0v) is 21.8. The van der Waals surface area contributed by atoms with Gasteiger partial charge in [-0.15, -0.1) is 13.2 Å². The standard InChI is InChI=1S/C27H25F4NO6S/c1-26(2)10-9-19-14-23(7-8-24(19)38-26)39(35,36)32(16-25(33)34)15-17-11-20(13-21(28)12-17)18-3-5-22(6-4-18)37-27(29,30)31/h3-8,11-14H,9-10,15-16H2,1-2H3,(H,33,34). The van der Waals surface area contributed by atoms with E-state index >= 15 is 0 Å². The van der Waals surface area contributed by atoms with E-state index in [2.05, 4.69) is 4.74 Å². The summed E-state index contributed by atoms with van der Waals surface area (Å²) >= 11 is 0. The van der Waals surface area contributed by atoms with Crippen LogP contribution in [-0.4, -0.2) is 42.3 Å². The minimum absolute atomic E-state index is 0.123. The summed E-state index contributed by atoms with van der Waals surface area (Å²) in [6, 6.07) is 12.7. The highest BCUT2D eigenvalue weighted by Crippen LogP contribution is 2.35. The van der Waals surface area contributed by atoms with Crippen LogP contribution in [0.1, 0.15) is 31.4 Å². The molecule has 7 nitrogen and oxygen atoms in total. The first-order valence-electron chi connectivity index (χ1n) is 11.8. The average molecular weight is 568 g/mol. The summed E-state index contributed by atoms with van der Waals surface area (Å²) in [4.78, 5) is 11.5. The molecule has 1 aliphatic heterocycles. The number of nitrogens with zero attached hydrogens (tertiary/aromatic N) is 1. The molecule has 0 spiro atoms. The Balaban J connectivity index is 1.63. The van der Waals surface area contributed by atoms with E-state index in [9.17, 15) is 35.9 Å². The Morgan fingerprint density at radius 3 is 2.38 bits per heavy atom. The number of benzene rings is 3. The van der Waals surface area contributed by atoms with E-state index in [1.165, 1.54) is 36.4 Å². The largest absolute Gasteiger partial charge is 0.573 e. The van der Waals surface area contributed by atoms with E-state index in [-0.39, 0.29) is 16.0 Å². The Bertz CT molecular complexity index is 1490. The fraction of sp³-hybridized carbons (Fsp3) is 0.296. The van der Waals surface area contributed by atoms with E-state index < -0.39 is 52.6 Å². The normalized spacial score (nSPS) is 14.9. The molecule has 208 valence electrons. The third kappa shape index (κ3) is 7.07. The van der Waals surface area contributed by atoms with Crippen LogP contribution in [0, 0.1) is 5.82 Å². The number of carboxylic acid groups (broad SMARTS) is 1. The summed E-state index contributed by atoms with van der Waals surface area (Å²) in [6.45, 7) is 2.51. The molecule has 0 fully saturated rings. The first-order valence-corrected chi connectivity index (χ1v) is 13.2. The third-order valence-electron chi connectivity index (χ3n) is 6.10. The molecule has 0 saturated carbocycles. The second-order valence-corrected chi connectivity index (χ2v) is 11.7. The maximum atomic E-state index is 14.5. The van der Waals surface area contributed by atoms with E-state index in [1.54, 1.807) is 0 Å². The number of rotatable bonds is 8. The number of ether oxygens (including phenoxy) is 2. The molecular weight excluding hydrogens is 542 g/mol. The predicted octanol–water partition coefficient (Wildman–Crippen LogP) is 5.77. The lowest BCUT2D eigenvalue weighted by Crippen LogP contribution is -2.36. The average Bonchev–Trinajstić information content (AvgIpc) is 2.81. The molecule has 39 heavy (non-hydrogen) atoms. The Labute approximate surface area is 222 Å². The molecule has 0 bridgehead atoms. The maximum Gasteiger partial charge on any atom is 0.573 e. The molecule has 3 aromatic rings. The van der Waals surface area contributed by atoms with Crippen LogP contribution in [0.3, 0.4) is 0 Å². The van der Waals surface area contributed by atoms with E-state index in [1.807, 2.05) is 13.8 Å². The maximum absolute atomic E-state index is 14.5. The minimum Gasteiger partial charge on any atom is -0.488 e. The Morgan fingerprint density at radius 2 is 1.74 bits per heavy atom. The topological polar surface area (TPSA) is 93.1 Å². The summed E-state index contributed by atoms with van der Waals surface area (Å²) in [6.07, 6.45) is -3.63. The van der Waals surface area contributed by atoms with Gasteiger partial charge in [0.05, 0.1) is 4.90 Å². The molecule has 0 radical (unpaired) electrons. The Morgan fingerprint density at radius 1 is 1.05 bits per heavy atom. The molecule has 1 heterocycles. The third-order valence-corrected chi connectivity index (χ3v) is 7.89. The number of alkyl halides is 3. The van der Waals surface area contributed by atoms with E-state index in [0.29, 0.717) is 29.7 Å². The van der Waals surface area contributed by atoms with Crippen LogP contribution in [0.25, 0.3) is 11.1 Å². The molecule has 0 saturated heterocycles. The van der Waals surface area contributed by atoms with Gasteiger partial charge in [0.1, 0.15) is 29.5 Å². The van der Waals surface area contributed by atoms with Gasteiger partial charge in [-0.2, -0.15) is 4.31 Å². The number of hydrogen-bond donors (Lipinski definition) is 1. The van der Waals surface area contributed by atoms with Crippen molar-refractivity contribution in [3.63, 3.8) is 0 Å². The first kappa shape index (κ1) is 28.4. The number of fused-ring (bicyclic) bond motifs is 1. The number of carbonyl (C=O) groups is 1. The first-order chi connectivity index (χ1) is 18.1. The monoisotopic (exact) mass is 567 g/mol. The summed E-state index contributed by atoms with van der Waals surface area (Å²) in [5.41, 5.74) is 1.02. The van der Waals surface area contributed by atoms with Gasteiger partial charge in [-0.25, -0.2) is 12.8 Å². The molecular formula is C27H25F4NO6S. The molecule has 1 aliphatic rings. The van der Waals surface area contributed by atoms with Gasteiger partial charge in [-0.1, -0.05) is 12.1 Å². The highest BCUT2D eigenvalue weighted by atomic mass is 32.2. The van der Waals surface area contributed by atoms with E-state index in [4.69, 9.17) is 4.74 Å². The van der Waals surface area contributed by atoms with Crippen molar-refractivity contribution in [2.24, 2.45) is 0 Å². The van der Waals surface area contributed by atoms with Crippen molar-refractivity contribution in [1.82, 2.24) is 4.31 Å². The van der Waals surface area contributed by atoms with Crippen molar-refractivity contribution in [1.29, 1.82) is 0 Å².